The van der Waals surface area contributed by atoms with E-state index in [-0.39, 0.29) is 30.8 Å². The summed E-state index contributed by atoms with van der Waals surface area (Å²) in [6.45, 7) is 7.26. The van der Waals surface area contributed by atoms with Gasteiger partial charge in [-0.05, 0) is 62.3 Å². The third-order valence-corrected chi connectivity index (χ3v) is 8.53. The van der Waals surface area contributed by atoms with Crippen LogP contribution in [-0.2, 0) is 30.5 Å². The predicted octanol–water partition coefficient (Wildman–Crippen LogP) is 5.60. The number of esters is 2. The molecule has 2 unspecified atom stereocenters. The van der Waals surface area contributed by atoms with Crippen molar-refractivity contribution in [2.45, 2.75) is 52.7 Å². The van der Waals surface area contributed by atoms with Crippen molar-refractivity contribution in [2.75, 3.05) is 26.3 Å². The van der Waals surface area contributed by atoms with Crippen LogP contribution in [0.3, 0.4) is 0 Å². The van der Waals surface area contributed by atoms with Crippen molar-refractivity contribution in [1.82, 2.24) is 9.80 Å². The highest BCUT2D eigenvalue weighted by Crippen LogP contribution is 2.45. The van der Waals surface area contributed by atoms with Gasteiger partial charge >= 0.3 is 11.9 Å². The Hall–Kier alpha value is -4.05. The number of hydrogen-bond acceptors (Lipinski definition) is 9. The van der Waals surface area contributed by atoms with E-state index in [2.05, 4.69) is 0 Å². The number of hydrogen-bond donors (Lipinski definition) is 0. The van der Waals surface area contributed by atoms with E-state index in [1.165, 1.54) is 11.8 Å². The molecule has 0 radical (unpaired) electrons. The molecule has 2 atom stereocenters. The van der Waals surface area contributed by atoms with Gasteiger partial charge in [0.05, 0.1) is 42.9 Å². The van der Waals surface area contributed by atoms with Crippen LogP contribution in [-0.4, -0.2) is 59.1 Å². The molecule has 0 N–H and O–H groups in total. The van der Waals surface area contributed by atoms with Gasteiger partial charge in [-0.3, -0.25) is 9.59 Å². The predicted molar refractivity (Wildman–Crippen MR) is 165 cm³/mol. The molecule has 226 valence electrons. The molecule has 5 rings (SSSR count). The fraction of sp³-hybridized carbons (Fsp3) is 0.394. The van der Waals surface area contributed by atoms with E-state index in [0.717, 1.165) is 23.2 Å². The van der Waals surface area contributed by atoms with Crippen LogP contribution in [0, 0.1) is 5.92 Å². The first-order valence-corrected chi connectivity index (χ1v) is 15.6. The molecule has 0 saturated carbocycles. The van der Waals surface area contributed by atoms with Crippen LogP contribution in [0.2, 0.25) is 0 Å². The first kappa shape index (κ1) is 30.4. The van der Waals surface area contributed by atoms with E-state index in [0.29, 0.717) is 54.9 Å². The Bertz CT molecular complexity index is 1450. The summed E-state index contributed by atoms with van der Waals surface area (Å²) in [5.41, 5.74) is 3.60. The second kappa shape index (κ2) is 13.9. The summed E-state index contributed by atoms with van der Waals surface area (Å²) in [6.07, 6.45) is 1.56. The molecule has 0 spiro atoms. The summed E-state index contributed by atoms with van der Waals surface area (Å²) < 4.78 is 16.8. The minimum absolute atomic E-state index is 0.0789. The zero-order chi connectivity index (χ0) is 30.3. The van der Waals surface area contributed by atoms with Crippen LogP contribution >= 0.6 is 11.8 Å². The van der Waals surface area contributed by atoms with E-state index in [4.69, 9.17) is 19.2 Å². The molecule has 3 heterocycles. The van der Waals surface area contributed by atoms with Crippen LogP contribution in [0.1, 0.15) is 57.2 Å². The molecule has 43 heavy (non-hydrogen) atoms. The Morgan fingerprint density at radius 1 is 1.02 bits per heavy atom. The second-order valence-corrected chi connectivity index (χ2v) is 11.4. The van der Waals surface area contributed by atoms with E-state index < -0.39 is 12.0 Å². The van der Waals surface area contributed by atoms with Crippen molar-refractivity contribution in [1.29, 1.82) is 0 Å². The molecule has 0 aromatic heterocycles. The lowest BCUT2D eigenvalue weighted by atomic mass is 9.93. The molecule has 9 nitrogen and oxygen atoms in total. The smallest absolute Gasteiger partial charge is 0.338 e. The van der Waals surface area contributed by atoms with E-state index >= 15 is 0 Å². The molecule has 2 aromatic carbocycles. The maximum atomic E-state index is 13.6. The fourth-order valence-electron chi connectivity index (χ4n) is 5.59. The lowest BCUT2D eigenvalue weighted by molar-refractivity contribution is -0.151. The Morgan fingerprint density at radius 2 is 1.81 bits per heavy atom. The van der Waals surface area contributed by atoms with Crippen LogP contribution in [0.4, 0.5) is 0 Å². The minimum Gasteiger partial charge on any atom is -0.489 e. The number of amides is 1. The largest absolute Gasteiger partial charge is 0.489 e. The average Bonchev–Trinajstić information content (AvgIpc) is 3.41. The van der Waals surface area contributed by atoms with Gasteiger partial charge in [0, 0.05) is 18.8 Å². The summed E-state index contributed by atoms with van der Waals surface area (Å²) >= 11 is 1.43. The molecule has 0 bridgehead atoms. The Kier molecular flexibility index (Phi) is 9.86. The van der Waals surface area contributed by atoms with E-state index in [1.54, 1.807) is 18.7 Å². The minimum atomic E-state index is -0.561. The number of fused-ring (bicyclic) bond motifs is 1. The third kappa shape index (κ3) is 6.96. The van der Waals surface area contributed by atoms with Crippen LogP contribution in [0.15, 0.2) is 82.0 Å². The molecule has 3 aliphatic rings. The number of amidine groups is 1. The Labute approximate surface area is 256 Å². The number of piperidine rings is 1. The van der Waals surface area contributed by atoms with E-state index in [9.17, 15) is 14.4 Å². The zero-order valence-electron chi connectivity index (χ0n) is 24.8. The highest BCUT2D eigenvalue weighted by Gasteiger charge is 2.42. The summed E-state index contributed by atoms with van der Waals surface area (Å²) in [5.74, 6) is -0.429. The molecule has 1 fully saturated rings. The third-order valence-electron chi connectivity index (χ3n) is 7.64. The van der Waals surface area contributed by atoms with Crippen LogP contribution in [0.25, 0.3) is 0 Å². The lowest BCUT2D eigenvalue weighted by Gasteiger charge is -2.37. The topological polar surface area (TPSA) is 97.7 Å². The summed E-state index contributed by atoms with van der Waals surface area (Å²) in [4.78, 5) is 47.8. The van der Waals surface area contributed by atoms with Gasteiger partial charge in [-0.15, -0.1) is 0 Å². The SMILES string of the molecule is CCOC(=O)C1=C(C)N=C2SC=C(CC(=O)N3CCCC(C(=O)OCC)C3)N2C1c1cccc(OCc2ccccc2)c1. The quantitative estimate of drug-likeness (QED) is 0.324. The number of benzene rings is 2. The van der Waals surface area contributed by atoms with Gasteiger partial charge in [-0.1, -0.05) is 54.2 Å². The van der Waals surface area contributed by atoms with Gasteiger partial charge in [0.15, 0.2) is 5.17 Å². The van der Waals surface area contributed by atoms with Gasteiger partial charge in [0.1, 0.15) is 12.4 Å². The number of rotatable bonds is 10. The molecule has 3 aliphatic heterocycles. The van der Waals surface area contributed by atoms with Crippen molar-refractivity contribution in [3.05, 3.63) is 88.1 Å². The Morgan fingerprint density at radius 3 is 2.58 bits per heavy atom. The normalized spacial score (nSPS) is 19.8. The number of carbonyl (C=O) groups excluding carboxylic acids is 3. The molecule has 0 aliphatic carbocycles. The summed E-state index contributed by atoms with van der Waals surface area (Å²) in [5, 5.41) is 2.62. The van der Waals surface area contributed by atoms with Crippen molar-refractivity contribution < 1.29 is 28.6 Å². The van der Waals surface area contributed by atoms with Gasteiger partial charge < -0.3 is 24.0 Å². The average molecular weight is 604 g/mol. The first-order chi connectivity index (χ1) is 20.9. The highest BCUT2D eigenvalue weighted by molar-refractivity contribution is 8.16. The number of allylic oxidation sites excluding steroid dienone is 1. The summed E-state index contributed by atoms with van der Waals surface area (Å²) in [6, 6.07) is 17.0. The van der Waals surface area contributed by atoms with Crippen LogP contribution < -0.4 is 4.74 Å². The van der Waals surface area contributed by atoms with Gasteiger partial charge in [0.25, 0.3) is 0 Å². The first-order valence-electron chi connectivity index (χ1n) is 14.7. The van der Waals surface area contributed by atoms with Crippen LogP contribution in [0.5, 0.6) is 5.75 Å². The van der Waals surface area contributed by atoms with Crippen molar-refractivity contribution >= 4 is 34.8 Å². The lowest BCUT2D eigenvalue weighted by Crippen LogP contribution is -2.44. The maximum absolute atomic E-state index is 13.6. The number of likely N-dealkylation sites (tertiary alicyclic amines) is 1. The zero-order valence-corrected chi connectivity index (χ0v) is 25.6. The number of nitrogens with zero attached hydrogens (tertiary/aromatic N) is 3. The van der Waals surface area contributed by atoms with Crippen molar-refractivity contribution in [2.24, 2.45) is 10.9 Å². The van der Waals surface area contributed by atoms with Gasteiger partial charge in [0.2, 0.25) is 5.91 Å². The van der Waals surface area contributed by atoms with E-state index in [1.807, 2.05) is 71.8 Å². The van der Waals surface area contributed by atoms with Gasteiger partial charge in [-0.2, -0.15) is 0 Å². The van der Waals surface area contributed by atoms with Crippen molar-refractivity contribution in [3.63, 3.8) is 0 Å². The highest BCUT2D eigenvalue weighted by atomic mass is 32.2. The molecule has 1 amide bonds. The fourth-order valence-corrected chi connectivity index (χ4v) is 6.56. The van der Waals surface area contributed by atoms with Crippen molar-refractivity contribution in [3.8, 4) is 5.75 Å². The molecule has 10 heteroatoms. The summed E-state index contributed by atoms with van der Waals surface area (Å²) in [7, 11) is 0. The Balaban J connectivity index is 1.41. The standard InChI is InChI=1S/C33H37N3O6S/c1-4-40-31(38)25-14-10-16-35(19-25)28(37)18-26-21-43-33-34-22(3)29(32(39)41-5-2)30(36(26)33)24-13-9-15-27(17-24)42-20-23-11-7-6-8-12-23/h6-9,11-13,15,17,21,25,30H,4-5,10,14,16,18-20H2,1-3H3. The maximum Gasteiger partial charge on any atom is 0.338 e. The second-order valence-electron chi connectivity index (χ2n) is 10.6. The number of thioether (sulfide) groups is 1. The number of carbonyl (C=O) groups is 3. The molecule has 1 saturated heterocycles. The number of aliphatic imine (C=N–C) groups is 1. The van der Waals surface area contributed by atoms with Gasteiger partial charge in [-0.25, -0.2) is 9.79 Å². The monoisotopic (exact) mass is 603 g/mol. The molecular weight excluding hydrogens is 566 g/mol. The molecular formula is C33H37N3O6S. The number of ether oxygens (including phenoxy) is 3. The molecule has 2 aromatic rings.